The Labute approximate surface area is 149 Å². The highest BCUT2D eigenvalue weighted by Crippen LogP contribution is 2.35. The van der Waals surface area contributed by atoms with Crippen molar-refractivity contribution >= 4 is 23.2 Å². The van der Waals surface area contributed by atoms with Gasteiger partial charge in [-0.25, -0.2) is 19.7 Å². The van der Waals surface area contributed by atoms with Crippen LogP contribution in [0.3, 0.4) is 0 Å². The molecular formula is C17H20N4O3S. The first-order valence-corrected chi connectivity index (χ1v) is 9.04. The van der Waals surface area contributed by atoms with Gasteiger partial charge < -0.3 is 10.0 Å². The van der Waals surface area contributed by atoms with Crippen molar-refractivity contribution in [1.82, 2.24) is 19.9 Å². The maximum atomic E-state index is 13.0. The molecule has 1 fully saturated rings. The minimum Gasteiger partial charge on any atom is -0.479 e. The van der Waals surface area contributed by atoms with Gasteiger partial charge in [0.2, 0.25) is 0 Å². The van der Waals surface area contributed by atoms with Gasteiger partial charge in [0.05, 0.1) is 5.69 Å². The third-order valence-corrected chi connectivity index (χ3v) is 5.91. The van der Waals surface area contributed by atoms with E-state index < -0.39 is 11.5 Å². The Morgan fingerprint density at radius 2 is 1.84 bits per heavy atom. The number of aromatic nitrogens is 3. The second-order valence-electron chi connectivity index (χ2n) is 6.27. The number of hydrogen-bond acceptors (Lipinski definition) is 6. The fourth-order valence-corrected chi connectivity index (χ4v) is 4.27. The van der Waals surface area contributed by atoms with Crippen LogP contribution >= 0.6 is 11.3 Å². The van der Waals surface area contributed by atoms with Crippen molar-refractivity contribution < 1.29 is 14.7 Å². The fourth-order valence-electron chi connectivity index (χ4n) is 3.28. The molecule has 0 atom stereocenters. The summed E-state index contributed by atoms with van der Waals surface area (Å²) >= 11 is 1.20. The Morgan fingerprint density at radius 3 is 2.44 bits per heavy atom. The Morgan fingerprint density at radius 1 is 1.20 bits per heavy atom. The van der Waals surface area contributed by atoms with E-state index in [9.17, 15) is 14.7 Å². The molecule has 0 radical (unpaired) electrons. The lowest BCUT2D eigenvalue weighted by Crippen LogP contribution is -2.56. The van der Waals surface area contributed by atoms with Crippen LogP contribution in [0.1, 0.15) is 47.5 Å². The van der Waals surface area contributed by atoms with Crippen molar-refractivity contribution in [3.8, 4) is 10.8 Å². The quantitative estimate of drug-likeness (QED) is 0.900. The number of carboxylic acids is 1. The molecule has 1 N–H and O–H groups in total. The van der Waals surface area contributed by atoms with Crippen molar-refractivity contribution in [2.45, 2.75) is 44.6 Å². The van der Waals surface area contributed by atoms with Crippen LogP contribution in [-0.4, -0.2) is 49.4 Å². The summed E-state index contributed by atoms with van der Waals surface area (Å²) < 4.78 is 0. The number of amides is 1. The zero-order valence-corrected chi connectivity index (χ0v) is 15.0. The maximum Gasteiger partial charge on any atom is 0.329 e. The number of carboxylic acid groups (broad SMARTS) is 1. The normalized spacial score (nSPS) is 16.4. The van der Waals surface area contributed by atoms with Crippen LogP contribution in [0.15, 0.2) is 18.5 Å². The van der Waals surface area contributed by atoms with E-state index in [0.717, 1.165) is 19.3 Å². The Kier molecular flexibility index (Phi) is 4.80. The minimum absolute atomic E-state index is 0.304. The fraction of sp³-hybridized carbons (Fsp3) is 0.471. The van der Waals surface area contributed by atoms with E-state index in [2.05, 4.69) is 15.0 Å². The third-order valence-electron chi connectivity index (χ3n) is 4.77. The highest BCUT2D eigenvalue weighted by molar-refractivity contribution is 7.17. The minimum atomic E-state index is -1.13. The molecule has 0 unspecified atom stereocenters. The molecule has 0 bridgehead atoms. The number of thiazole rings is 1. The van der Waals surface area contributed by atoms with E-state index in [0.29, 0.717) is 34.2 Å². The molecule has 2 heterocycles. The summed E-state index contributed by atoms with van der Waals surface area (Å²) in [6.45, 7) is 1.75. The topological polar surface area (TPSA) is 96.3 Å². The maximum absolute atomic E-state index is 13.0. The van der Waals surface area contributed by atoms with Crippen molar-refractivity contribution in [3.05, 3.63) is 29.0 Å². The van der Waals surface area contributed by atoms with Gasteiger partial charge in [-0.1, -0.05) is 19.3 Å². The number of aryl methyl sites for hydroxylation is 1. The van der Waals surface area contributed by atoms with Gasteiger partial charge in [0.25, 0.3) is 5.91 Å². The van der Waals surface area contributed by atoms with Crippen LogP contribution in [0, 0.1) is 6.92 Å². The molecule has 3 rings (SSSR count). The van der Waals surface area contributed by atoms with Gasteiger partial charge >= 0.3 is 5.97 Å². The van der Waals surface area contributed by atoms with Crippen LogP contribution in [0.25, 0.3) is 10.8 Å². The van der Waals surface area contributed by atoms with Gasteiger partial charge in [0.15, 0.2) is 10.8 Å². The molecule has 1 aliphatic rings. The molecule has 0 aliphatic heterocycles. The van der Waals surface area contributed by atoms with Crippen LogP contribution in [0.4, 0.5) is 0 Å². The van der Waals surface area contributed by atoms with Crippen LogP contribution in [0.2, 0.25) is 0 Å². The number of aliphatic carboxylic acids is 1. The summed E-state index contributed by atoms with van der Waals surface area (Å²) in [6, 6.07) is 1.71. The summed E-state index contributed by atoms with van der Waals surface area (Å²) in [6.07, 6.45) is 6.84. The monoisotopic (exact) mass is 360 g/mol. The lowest BCUT2D eigenvalue weighted by molar-refractivity contribution is -0.151. The number of carbonyl (C=O) groups excluding carboxylic acids is 1. The average Bonchev–Trinajstić information content (AvgIpc) is 3.03. The van der Waals surface area contributed by atoms with Gasteiger partial charge in [-0.3, -0.25) is 4.79 Å². The molecular weight excluding hydrogens is 340 g/mol. The Hall–Kier alpha value is -2.35. The molecule has 2 aromatic rings. The van der Waals surface area contributed by atoms with E-state index >= 15 is 0 Å². The molecule has 8 heteroatoms. The standard InChI is InChI=1S/C17H20N4O3S/c1-11-12(25-14(20-11)13-18-9-6-10-19-13)15(22)21(2)17(16(23)24)7-4-3-5-8-17/h6,9-10H,3-5,7-8H2,1-2H3,(H,23,24). The van der Waals surface area contributed by atoms with Gasteiger partial charge in [-0.2, -0.15) is 0 Å². The summed E-state index contributed by atoms with van der Waals surface area (Å²) in [5.41, 5.74) is -0.560. The largest absolute Gasteiger partial charge is 0.479 e. The summed E-state index contributed by atoms with van der Waals surface area (Å²) in [4.78, 5) is 39.5. The number of hydrogen-bond donors (Lipinski definition) is 1. The predicted molar refractivity (Wildman–Crippen MR) is 93.4 cm³/mol. The predicted octanol–water partition coefficient (Wildman–Crippen LogP) is 2.77. The molecule has 1 saturated carbocycles. The number of likely N-dealkylation sites (N-methyl/N-ethyl adjacent to an activating group) is 1. The van der Waals surface area contributed by atoms with Crippen molar-refractivity contribution in [2.24, 2.45) is 0 Å². The molecule has 1 aliphatic carbocycles. The molecule has 1 amide bonds. The van der Waals surface area contributed by atoms with Crippen LogP contribution < -0.4 is 0 Å². The van der Waals surface area contributed by atoms with E-state index in [1.807, 2.05) is 0 Å². The molecule has 0 aromatic carbocycles. The van der Waals surface area contributed by atoms with Crippen LogP contribution in [-0.2, 0) is 4.79 Å². The van der Waals surface area contributed by atoms with Crippen molar-refractivity contribution in [2.75, 3.05) is 7.05 Å². The molecule has 7 nitrogen and oxygen atoms in total. The van der Waals surface area contributed by atoms with Crippen molar-refractivity contribution in [1.29, 1.82) is 0 Å². The highest BCUT2D eigenvalue weighted by Gasteiger charge is 2.46. The first-order chi connectivity index (χ1) is 12.0. The third kappa shape index (κ3) is 3.13. The SMILES string of the molecule is Cc1nc(-c2ncccn2)sc1C(=O)N(C)C1(C(=O)O)CCCCC1. The highest BCUT2D eigenvalue weighted by atomic mass is 32.1. The molecule has 0 saturated heterocycles. The number of nitrogens with zero attached hydrogens (tertiary/aromatic N) is 4. The molecule has 25 heavy (non-hydrogen) atoms. The molecule has 132 valence electrons. The second kappa shape index (κ2) is 6.87. The van der Waals surface area contributed by atoms with Crippen molar-refractivity contribution in [3.63, 3.8) is 0 Å². The Bertz CT molecular complexity index is 784. The van der Waals surface area contributed by atoms with Gasteiger partial charge in [-0.05, 0) is 25.8 Å². The lowest BCUT2D eigenvalue weighted by atomic mass is 9.80. The summed E-state index contributed by atoms with van der Waals surface area (Å²) in [7, 11) is 1.58. The Balaban J connectivity index is 1.92. The number of rotatable bonds is 4. The average molecular weight is 360 g/mol. The zero-order valence-electron chi connectivity index (χ0n) is 14.2. The first kappa shape index (κ1) is 17.5. The number of carbonyl (C=O) groups is 2. The van der Waals surface area contributed by atoms with E-state index in [-0.39, 0.29) is 5.91 Å². The first-order valence-electron chi connectivity index (χ1n) is 8.22. The van der Waals surface area contributed by atoms with Crippen LogP contribution in [0.5, 0.6) is 0 Å². The van der Waals surface area contributed by atoms with Gasteiger partial charge in [0, 0.05) is 19.4 Å². The van der Waals surface area contributed by atoms with E-state index in [1.165, 1.54) is 16.2 Å². The summed E-state index contributed by atoms with van der Waals surface area (Å²) in [5.74, 6) is -0.777. The second-order valence-corrected chi connectivity index (χ2v) is 7.27. The zero-order chi connectivity index (χ0) is 18.0. The van der Waals surface area contributed by atoms with Gasteiger partial charge in [0.1, 0.15) is 10.4 Å². The molecule has 0 spiro atoms. The van der Waals surface area contributed by atoms with E-state index in [4.69, 9.17) is 0 Å². The lowest BCUT2D eigenvalue weighted by Gasteiger charge is -2.40. The van der Waals surface area contributed by atoms with E-state index in [1.54, 1.807) is 32.4 Å². The smallest absolute Gasteiger partial charge is 0.329 e. The summed E-state index contributed by atoms with van der Waals surface area (Å²) in [5, 5.41) is 10.3. The van der Waals surface area contributed by atoms with Gasteiger partial charge in [-0.15, -0.1) is 11.3 Å². The molecule has 2 aromatic heterocycles.